The van der Waals surface area contributed by atoms with E-state index >= 15 is 0 Å². The van der Waals surface area contributed by atoms with E-state index in [-0.39, 0.29) is 0 Å². The highest BCUT2D eigenvalue weighted by atomic mass is 15.2. The summed E-state index contributed by atoms with van der Waals surface area (Å²) in [6, 6.07) is 10.8. The number of nitrogens with zero attached hydrogens (tertiary/aromatic N) is 3. The Morgan fingerprint density at radius 2 is 2.05 bits per heavy atom. The van der Waals surface area contributed by atoms with Crippen molar-refractivity contribution in [3.8, 4) is 0 Å². The monoisotopic (exact) mass is 269 g/mol. The Morgan fingerprint density at radius 1 is 1.20 bits per heavy atom. The number of aryl methyl sites for hydroxylation is 1. The van der Waals surface area contributed by atoms with Crippen LogP contribution in [0, 0.1) is 0 Å². The third kappa shape index (κ3) is 3.10. The maximum Gasteiger partial charge on any atom is 0.0948 e. The molecule has 0 fully saturated rings. The van der Waals surface area contributed by atoms with Crippen LogP contribution in [0.25, 0.3) is 0 Å². The summed E-state index contributed by atoms with van der Waals surface area (Å²) in [7, 11) is 0. The predicted molar refractivity (Wildman–Crippen MR) is 81.6 cm³/mol. The van der Waals surface area contributed by atoms with Gasteiger partial charge in [-0.1, -0.05) is 37.3 Å². The highest BCUT2D eigenvalue weighted by molar-refractivity contribution is 5.18. The molecule has 1 atom stereocenters. The molecule has 2 heterocycles. The van der Waals surface area contributed by atoms with Crippen LogP contribution in [0.2, 0.25) is 0 Å². The standard InChI is InChI=1S/C17H23N3/c1-15(16-6-3-2-4-7-16)8-11-19-9-5-10-20-14-18-12-17(20)13-19/h2-4,6-7,12,14-15H,5,8-11,13H2,1H3/t15-/m0/s1. The summed E-state index contributed by atoms with van der Waals surface area (Å²) in [4.78, 5) is 6.83. The van der Waals surface area contributed by atoms with Gasteiger partial charge in [0.05, 0.1) is 12.0 Å². The van der Waals surface area contributed by atoms with E-state index in [0.717, 1.165) is 13.1 Å². The van der Waals surface area contributed by atoms with Crippen LogP contribution in [0.5, 0.6) is 0 Å². The molecule has 0 spiro atoms. The quantitative estimate of drug-likeness (QED) is 0.849. The molecule has 0 unspecified atom stereocenters. The van der Waals surface area contributed by atoms with E-state index < -0.39 is 0 Å². The third-order valence-electron chi connectivity index (χ3n) is 4.30. The van der Waals surface area contributed by atoms with E-state index in [2.05, 4.69) is 51.7 Å². The summed E-state index contributed by atoms with van der Waals surface area (Å²) in [6.07, 6.45) is 6.42. The van der Waals surface area contributed by atoms with Gasteiger partial charge in [0, 0.05) is 25.8 Å². The highest BCUT2D eigenvalue weighted by Gasteiger charge is 2.15. The van der Waals surface area contributed by atoms with Gasteiger partial charge in [0.2, 0.25) is 0 Å². The molecule has 0 radical (unpaired) electrons. The summed E-state index contributed by atoms with van der Waals surface area (Å²) in [5.74, 6) is 0.629. The van der Waals surface area contributed by atoms with Crippen molar-refractivity contribution in [2.75, 3.05) is 13.1 Å². The first-order valence-electron chi connectivity index (χ1n) is 7.59. The fourth-order valence-electron chi connectivity index (χ4n) is 2.97. The lowest BCUT2D eigenvalue weighted by Crippen LogP contribution is -2.25. The van der Waals surface area contributed by atoms with E-state index in [0.29, 0.717) is 5.92 Å². The van der Waals surface area contributed by atoms with E-state index in [9.17, 15) is 0 Å². The molecule has 1 aliphatic heterocycles. The van der Waals surface area contributed by atoms with Crippen molar-refractivity contribution in [2.45, 2.75) is 38.8 Å². The molecule has 0 saturated carbocycles. The topological polar surface area (TPSA) is 21.1 Å². The number of hydrogen-bond donors (Lipinski definition) is 0. The van der Waals surface area contributed by atoms with Crippen LogP contribution in [-0.2, 0) is 13.1 Å². The molecule has 2 aromatic rings. The smallest absolute Gasteiger partial charge is 0.0948 e. The van der Waals surface area contributed by atoms with Gasteiger partial charge in [0.25, 0.3) is 0 Å². The molecule has 0 amide bonds. The van der Waals surface area contributed by atoms with Crippen molar-refractivity contribution >= 4 is 0 Å². The van der Waals surface area contributed by atoms with Crippen LogP contribution >= 0.6 is 0 Å². The second-order valence-electron chi connectivity index (χ2n) is 5.81. The molecule has 3 nitrogen and oxygen atoms in total. The van der Waals surface area contributed by atoms with Crippen molar-refractivity contribution in [1.29, 1.82) is 0 Å². The number of aromatic nitrogens is 2. The lowest BCUT2D eigenvalue weighted by Gasteiger charge is -2.21. The minimum absolute atomic E-state index is 0.629. The Balaban J connectivity index is 1.56. The Morgan fingerprint density at radius 3 is 2.90 bits per heavy atom. The fourth-order valence-corrected chi connectivity index (χ4v) is 2.97. The number of hydrogen-bond acceptors (Lipinski definition) is 2. The summed E-state index contributed by atoms with van der Waals surface area (Å²) < 4.78 is 2.29. The van der Waals surface area contributed by atoms with E-state index in [4.69, 9.17) is 0 Å². The average molecular weight is 269 g/mol. The normalized spacial score (nSPS) is 17.4. The first-order chi connectivity index (χ1) is 9.83. The zero-order valence-electron chi connectivity index (χ0n) is 12.2. The molecule has 1 aromatic carbocycles. The van der Waals surface area contributed by atoms with Gasteiger partial charge < -0.3 is 4.57 Å². The van der Waals surface area contributed by atoms with E-state index in [1.165, 1.54) is 37.2 Å². The van der Waals surface area contributed by atoms with Gasteiger partial charge in [-0.05, 0) is 30.9 Å². The molecular weight excluding hydrogens is 246 g/mol. The first-order valence-corrected chi connectivity index (χ1v) is 7.59. The summed E-state index contributed by atoms with van der Waals surface area (Å²) in [5, 5.41) is 0. The molecule has 3 rings (SSSR count). The van der Waals surface area contributed by atoms with Crippen molar-refractivity contribution < 1.29 is 0 Å². The molecule has 0 N–H and O–H groups in total. The van der Waals surface area contributed by atoms with Crippen LogP contribution in [0.15, 0.2) is 42.9 Å². The Labute approximate surface area is 121 Å². The van der Waals surface area contributed by atoms with Gasteiger partial charge in [0.1, 0.15) is 0 Å². The summed E-state index contributed by atoms with van der Waals surface area (Å²) in [5.41, 5.74) is 2.81. The van der Waals surface area contributed by atoms with E-state index in [1.54, 1.807) is 0 Å². The van der Waals surface area contributed by atoms with Crippen molar-refractivity contribution in [3.63, 3.8) is 0 Å². The van der Waals surface area contributed by atoms with Gasteiger partial charge in [-0.2, -0.15) is 0 Å². The molecule has 106 valence electrons. The van der Waals surface area contributed by atoms with Crippen LogP contribution in [0.4, 0.5) is 0 Å². The number of rotatable bonds is 4. The van der Waals surface area contributed by atoms with Crippen LogP contribution in [0.3, 0.4) is 0 Å². The van der Waals surface area contributed by atoms with Gasteiger partial charge in [0.15, 0.2) is 0 Å². The maximum absolute atomic E-state index is 4.26. The zero-order valence-corrected chi connectivity index (χ0v) is 12.2. The van der Waals surface area contributed by atoms with Gasteiger partial charge in [-0.3, -0.25) is 4.90 Å². The van der Waals surface area contributed by atoms with Gasteiger partial charge >= 0.3 is 0 Å². The molecule has 0 bridgehead atoms. The predicted octanol–water partition coefficient (Wildman–Crippen LogP) is 3.28. The van der Waals surface area contributed by atoms with Crippen molar-refractivity contribution in [1.82, 2.24) is 14.5 Å². The number of fused-ring (bicyclic) bond motifs is 1. The van der Waals surface area contributed by atoms with Crippen molar-refractivity contribution in [3.05, 3.63) is 54.1 Å². The van der Waals surface area contributed by atoms with Crippen LogP contribution < -0.4 is 0 Å². The number of benzene rings is 1. The van der Waals surface area contributed by atoms with E-state index in [1.807, 2.05) is 12.5 Å². The largest absolute Gasteiger partial charge is 0.333 e. The molecular formula is C17H23N3. The molecule has 0 saturated heterocycles. The van der Waals surface area contributed by atoms with Crippen molar-refractivity contribution in [2.24, 2.45) is 0 Å². The third-order valence-corrected chi connectivity index (χ3v) is 4.30. The molecule has 1 aliphatic rings. The molecule has 20 heavy (non-hydrogen) atoms. The van der Waals surface area contributed by atoms with Gasteiger partial charge in [-0.15, -0.1) is 0 Å². The highest BCUT2D eigenvalue weighted by Crippen LogP contribution is 2.20. The minimum Gasteiger partial charge on any atom is -0.333 e. The first kappa shape index (κ1) is 13.4. The van der Waals surface area contributed by atoms with Gasteiger partial charge in [-0.25, -0.2) is 4.98 Å². The lowest BCUT2D eigenvalue weighted by atomic mass is 9.98. The number of imidazole rings is 1. The second kappa shape index (κ2) is 6.23. The van der Waals surface area contributed by atoms with Crippen LogP contribution in [-0.4, -0.2) is 27.5 Å². The molecule has 3 heteroatoms. The average Bonchev–Trinajstić information content (AvgIpc) is 2.83. The molecule has 0 aliphatic carbocycles. The Kier molecular flexibility index (Phi) is 4.16. The Bertz CT molecular complexity index is 532. The summed E-state index contributed by atoms with van der Waals surface area (Å²) in [6.45, 7) is 6.85. The minimum atomic E-state index is 0.629. The SMILES string of the molecule is C[C@@H](CCN1CCCn2cncc2C1)c1ccccc1. The summed E-state index contributed by atoms with van der Waals surface area (Å²) >= 11 is 0. The van der Waals surface area contributed by atoms with Crippen LogP contribution in [0.1, 0.15) is 36.9 Å². The maximum atomic E-state index is 4.26. The Hall–Kier alpha value is -1.61. The fraction of sp³-hybridized carbons (Fsp3) is 0.471. The molecule has 1 aromatic heterocycles. The zero-order chi connectivity index (χ0) is 13.8. The second-order valence-corrected chi connectivity index (χ2v) is 5.81. The lowest BCUT2D eigenvalue weighted by molar-refractivity contribution is 0.260.